The van der Waals surface area contributed by atoms with E-state index < -0.39 is 6.04 Å². The maximum absolute atomic E-state index is 14.9. The molecule has 2 aromatic carbocycles. The Morgan fingerprint density at radius 2 is 1.87 bits per heavy atom. The van der Waals surface area contributed by atoms with E-state index in [0.717, 1.165) is 54.0 Å². The first-order chi connectivity index (χ1) is 18.4. The third kappa shape index (κ3) is 5.98. The van der Waals surface area contributed by atoms with Crippen LogP contribution in [0.4, 0.5) is 14.5 Å². The van der Waals surface area contributed by atoms with Gasteiger partial charge in [0.2, 0.25) is 0 Å². The average Bonchev–Trinajstić information content (AvgIpc) is 3.28. The lowest BCUT2D eigenvalue weighted by molar-refractivity contribution is 0.0833. The van der Waals surface area contributed by atoms with Crippen LogP contribution in [0.2, 0.25) is 0 Å². The monoisotopic (exact) mass is 515 g/mol. The Morgan fingerprint density at radius 1 is 1.08 bits per heavy atom. The first-order valence-electron chi connectivity index (χ1n) is 12.8. The lowest BCUT2D eigenvalue weighted by atomic mass is 10.0. The maximum atomic E-state index is 14.9. The Kier molecular flexibility index (Phi) is 7.62. The summed E-state index contributed by atoms with van der Waals surface area (Å²) >= 11 is 0. The van der Waals surface area contributed by atoms with Crippen molar-refractivity contribution in [2.24, 2.45) is 0 Å². The Balaban J connectivity index is 1.21. The van der Waals surface area contributed by atoms with Crippen LogP contribution in [-0.2, 0) is 13.0 Å². The molecule has 2 aromatic heterocycles. The van der Waals surface area contributed by atoms with E-state index in [1.54, 1.807) is 18.3 Å². The molecular weight excluding hydrogens is 484 g/mol. The van der Waals surface area contributed by atoms with Crippen LogP contribution in [0, 0.1) is 12.7 Å². The molecule has 5 rings (SSSR count). The number of carbonyl (C=O) groups is 1. The number of aromatic nitrogens is 2. The van der Waals surface area contributed by atoms with E-state index in [4.69, 9.17) is 0 Å². The molecule has 8 heteroatoms. The van der Waals surface area contributed by atoms with Crippen molar-refractivity contribution in [2.75, 3.05) is 31.5 Å². The van der Waals surface area contributed by atoms with Gasteiger partial charge >= 0.3 is 6.04 Å². The molecule has 196 valence electrons. The van der Waals surface area contributed by atoms with Gasteiger partial charge in [-0.15, -0.1) is 0 Å². The third-order valence-corrected chi connectivity index (χ3v) is 6.93. The van der Waals surface area contributed by atoms with Gasteiger partial charge in [-0.25, -0.2) is 9.37 Å². The number of halogens is 2. The second-order valence-electron chi connectivity index (χ2n) is 9.82. The summed E-state index contributed by atoms with van der Waals surface area (Å²) in [4.78, 5) is 21.5. The fraction of sp³-hybridized carbons (Fsp3) is 0.267. The average molecular weight is 516 g/mol. The van der Waals surface area contributed by atoms with Gasteiger partial charge in [0, 0.05) is 66.9 Å². The van der Waals surface area contributed by atoms with Crippen LogP contribution >= 0.6 is 0 Å². The molecule has 0 bridgehead atoms. The van der Waals surface area contributed by atoms with E-state index in [-0.39, 0.29) is 11.4 Å². The van der Waals surface area contributed by atoms with Crippen LogP contribution < -0.4 is 10.6 Å². The SMILES string of the molecule is C=C(CCc1ccc(-c2cnc3[nH]c(C)cc3c2)cc1F)Nc1ccc(CN2CCNCC2)c(C(=O)F)c1. The van der Waals surface area contributed by atoms with Gasteiger partial charge in [0.25, 0.3) is 0 Å². The Hall–Kier alpha value is -3.88. The lowest BCUT2D eigenvalue weighted by Crippen LogP contribution is -2.43. The van der Waals surface area contributed by atoms with E-state index >= 15 is 0 Å². The number of aromatic amines is 1. The number of nitrogens with zero attached hydrogens (tertiary/aromatic N) is 2. The highest BCUT2D eigenvalue weighted by atomic mass is 19.1. The number of H-pyrrole nitrogens is 1. The van der Waals surface area contributed by atoms with Gasteiger partial charge < -0.3 is 15.6 Å². The van der Waals surface area contributed by atoms with Crippen LogP contribution in [0.25, 0.3) is 22.2 Å². The van der Waals surface area contributed by atoms with E-state index in [9.17, 15) is 13.6 Å². The fourth-order valence-corrected chi connectivity index (χ4v) is 4.88. The maximum Gasteiger partial charge on any atom is 0.332 e. The number of anilines is 1. The molecule has 0 spiro atoms. The fourth-order valence-electron chi connectivity index (χ4n) is 4.88. The number of hydrogen-bond donors (Lipinski definition) is 3. The first kappa shape index (κ1) is 25.8. The number of pyridine rings is 1. The highest BCUT2D eigenvalue weighted by molar-refractivity contribution is 5.91. The van der Waals surface area contributed by atoms with Crippen LogP contribution in [0.15, 0.2) is 67.0 Å². The lowest BCUT2D eigenvalue weighted by Gasteiger charge is -2.27. The zero-order valence-corrected chi connectivity index (χ0v) is 21.4. The summed E-state index contributed by atoms with van der Waals surface area (Å²) in [7, 11) is 0. The first-order valence-corrected chi connectivity index (χ1v) is 12.8. The van der Waals surface area contributed by atoms with Gasteiger partial charge in [-0.2, -0.15) is 4.39 Å². The minimum atomic E-state index is -1.45. The molecule has 3 heterocycles. The molecule has 0 saturated carbocycles. The number of hydrogen-bond acceptors (Lipinski definition) is 5. The summed E-state index contributed by atoms with van der Waals surface area (Å²) in [6.07, 6.45) is 2.67. The normalized spacial score (nSPS) is 14.1. The summed E-state index contributed by atoms with van der Waals surface area (Å²) < 4.78 is 28.8. The Morgan fingerprint density at radius 3 is 2.63 bits per heavy atom. The molecule has 0 radical (unpaired) electrons. The number of benzene rings is 2. The van der Waals surface area contributed by atoms with Gasteiger partial charge in [-0.1, -0.05) is 24.8 Å². The third-order valence-electron chi connectivity index (χ3n) is 6.93. The number of aryl methyl sites for hydroxylation is 2. The van der Waals surface area contributed by atoms with Crippen molar-refractivity contribution in [3.63, 3.8) is 0 Å². The highest BCUT2D eigenvalue weighted by Gasteiger charge is 2.17. The number of piperazine rings is 1. The van der Waals surface area contributed by atoms with Crippen molar-refractivity contribution in [1.29, 1.82) is 0 Å². The largest absolute Gasteiger partial charge is 0.359 e. The van der Waals surface area contributed by atoms with E-state index in [1.807, 2.05) is 31.2 Å². The smallest absolute Gasteiger partial charge is 0.332 e. The molecule has 6 nitrogen and oxygen atoms in total. The topological polar surface area (TPSA) is 73.1 Å². The molecule has 1 fully saturated rings. The summed E-state index contributed by atoms with van der Waals surface area (Å²) in [5, 5.41) is 7.41. The number of fused-ring (bicyclic) bond motifs is 1. The van der Waals surface area contributed by atoms with Gasteiger partial charge in [0.1, 0.15) is 11.5 Å². The second-order valence-corrected chi connectivity index (χ2v) is 9.82. The molecule has 1 saturated heterocycles. The van der Waals surface area contributed by atoms with Crippen molar-refractivity contribution in [3.8, 4) is 11.1 Å². The van der Waals surface area contributed by atoms with Crippen molar-refractivity contribution < 1.29 is 13.6 Å². The number of nitrogens with one attached hydrogen (secondary N) is 3. The van der Waals surface area contributed by atoms with Gasteiger partial charge in [-0.3, -0.25) is 9.69 Å². The zero-order valence-electron chi connectivity index (χ0n) is 21.4. The zero-order chi connectivity index (χ0) is 26.6. The molecule has 3 N–H and O–H groups in total. The molecule has 0 aliphatic carbocycles. The summed E-state index contributed by atoms with van der Waals surface area (Å²) in [5.74, 6) is -0.289. The highest BCUT2D eigenvalue weighted by Crippen LogP contribution is 2.26. The standard InChI is InChI=1S/C30H31F2N5O/c1-19(35-26-8-7-23(27(16-26)29(32)38)18-37-11-9-33-10-12-37)3-4-21-5-6-22(15-28(21)31)25-14-24-13-20(2)36-30(24)34-17-25/h5-8,13-17,33,35H,1,3-4,9-12,18H2,2H3,(H,34,36). The number of carbonyl (C=O) groups excluding carboxylic acids is 1. The van der Waals surface area contributed by atoms with E-state index in [0.29, 0.717) is 41.9 Å². The van der Waals surface area contributed by atoms with E-state index in [1.165, 1.54) is 12.1 Å². The van der Waals surface area contributed by atoms with Crippen molar-refractivity contribution in [3.05, 3.63) is 95.2 Å². The van der Waals surface area contributed by atoms with Crippen molar-refractivity contribution >= 4 is 22.8 Å². The molecular formula is C30H31F2N5O. The van der Waals surface area contributed by atoms with Crippen LogP contribution in [0.3, 0.4) is 0 Å². The quantitative estimate of drug-likeness (QED) is 0.248. The predicted molar refractivity (Wildman–Crippen MR) is 147 cm³/mol. The Bertz CT molecular complexity index is 1490. The van der Waals surface area contributed by atoms with Crippen LogP contribution in [-0.4, -0.2) is 47.1 Å². The predicted octanol–water partition coefficient (Wildman–Crippen LogP) is 5.75. The van der Waals surface area contributed by atoms with E-state index in [2.05, 4.69) is 32.1 Å². The minimum absolute atomic E-state index is 0.0606. The summed E-state index contributed by atoms with van der Waals surface area (Å²) in [6.45, 7) is 10.0. The molecule has 1 aliphatic heterocycles. The molecule has 0 unspecified atom stereocenters. The molecule has 0 amide bonds. The van der Waals surface area contributed by atoms with Crippen molar-refractivity contribution in [2.45, 2.75) is 26.3 Å². The summed E-state index contributed by atoms with van der Waals surface area (Å²) in [5.41, 5.74) is 5.99. The number of allylic oxidation sites excluding steroid dienone is 1. The van der Waals surface area contributed by atoms with Gasteiger partial charge in [0.05, 0.1) is 5.56 Å². The van der Waals surface area contributed by atoms with Crippen LogP contribution in [0.5, 0.6) is 0 Å². The molecule has 0 atom stereocenters. The van der Waals surface area contributed by atoms with Gasteiger partial charge in [0.15, 0.2) is 0 Å². The molecule has 4 aromatic rings. The van der Waals surface area contributed by atoms with Gasteiger partial charge in [-0.05, 0) is 66.8 Å². The number of rotatable bonds is 9. The van der Waals surface area contributed by atoms with Crippen LogP contribution in [0.1, 0.15) is 33.6 Å². The molecule has 38 heavy (non-hydrogen) atoms. The molecule has 1 aliphatic rings. The Labute approximate surface area is 220 Å². The second kappa shape index (κ2) is 11.2. The van der Waals surface area contributed by atoms with Crippen molar-refractivity contribution in [1.82, 2.24) is 20.2 Å². The summed E-state index contributed by atoms with van der Waals surface area (Å²) in [6, 6.07) is 12.9. The minimum Gasteiger partial charge on any atom is -0.359 e.